The Kier molecular flexibility index (Phi) is 17.5. The van der Waals surface area contributed by atoms with Gasteiger partial charge in [0.05, 0.1) is 17.0 Å². The molecule has 2 fully saturated rings. The number of aromatic carboxylic acids is 1. The minimum absolute atomic E-state index is 0.00303. The number of piperazine rings is 2. The van der Waals surface area contributed by atoms with E-state index in [2.05, 4.69) is 46.7 Å². The van der Waals surface area contributed by atoms with E-state index >= 15 is 0 Å². The summed E-state index contributed by atoms with van der Waals surface area (Å²) in [5.74, 6) is -0.241. The molecule has 412 valence electrons. The number of aromatic nitrogens is 9. The summed E-state index contributed by atoms with van der Waals surface area (Å²) in [5.41, 5.74) is 14.9. The van der Waals surface area contributed by atoms with Gasteiger partial charge in [-0.25, -0.2) is 14.2 Å². The van der Waals surface area contributed by atoms with Crippen molar-refractivity contribution in [2.45, 2.75) is 97.1 Å². The highest BCUT2D eigenvalue weighted by atomic mass is 16.4. The molecule has 0 radical (unpaired) electrons. The van der Waals surface area contributed by atoms with Crippen LogP contribution in [0.1, 0.15) is 106 Å². The number of fused-ring (bicyclic) bond motifs is 2. The molecule has 4 aliphatic rings. The highest BCUT2D eigenvalue weighted by Crippen LogP contribution is 2.43. The zero-order valence-corrected chi connectivity index (χ0v) is 44.6. The number of carbonyl (C=O) groups is 3. The van der Waals surface area contributed by atoms with Gasteiger partial charge in [0, 0.05) is 99.1 Å². The van der Waals surface area contributed by atoms with Crippen LogP contribution in [0.4, 0.5) is 23.5 Å². The molecular weight excluding hydrogens is 997 g/mol. The van der Waals surface area contributed by atoms with Gasteiger partial charge in [0.25, 0.3) is 0 Å². The molecule has 9 rings (SSSR count). The van der Waals surface area contributed by atoms with E-state index in [1.165, 1.54) is 30.3 Å². The van der Waals surface area contributed by atoms with Crippen molar-refractivity contribution in [3.63, 3.8) is 0 Å². The lowest BCUT2D eigenvalue weighted by Gasteiger charge is -2.38. The second-order valence-corrected chi connectivity index (χ2v) is 20.2. The zero-order chi connectivity index (χ0) is 54.9. The number of carboxylic acid groups (broad SMARTS) is 1. The second-order valence-electron chi connectivity index (χ2n) is 20.2. The Morgan fingerprint density at radius 1 is 0.718 bits per heavy atom. The van der Waals surface area contributed by atoms with Crippen molar-refractivity contribution in [3.05, 3.63) is 94.2 Å². The SMILES string of the molecule is CCCCc1cn([C@@H](CCCCN)C(=O)N2CCN(c3nc(Nc4ccc(-c5c6ccc(=O)cc-6oc6cc(O)ccc56)c(C(=O)O)c4)nc(N4CCN(C(=O)[C@H]([C@@H](C)CC)n5cc(CCCCN)nn5)CC4)n3)CC2)nn1. The van der Waals surface area contributed by atoms with Gasteiger partial charge < -0.3 is 51.0 Å². The number of phenolic OH excluding ortho intramolecular Hbond substituents is 1. The Morgan fingerprint density at radius 3 is 2.00 bits per heavy atom. The molecule has 3 aromatic heterocycles. The van der Waals surface area contributed by atoms with Crippen LogP contribution in [0.3, 0.4) is 0 Å². The normalized spacial score (nSPS) is 15.2. The maximum Gasteiger partial charge on any atom is 0.336 e. The molecule has 2 saturated heterocycles. The van der Waals surface area contributed by atoms with Crippen LogP contribution in [0.5, 0.6) is 5.75 Å². The molecule has 2 amide bonds. The molecule has 0 unspecified atom stereocenters. The minimum atomic E-state index is -1.21. The monoisotopic (exact) mass is 1070 g/mol. The highest BCUT2D eigenvalue weighted by molar-refractivity contribution is 6.08. The van der Waals surface area contributed by atoms with Crippen molar-refractivity contribution in [2.24, 2.45) is 17.4 Å². The number of nitrogens with one attached hydrogen (secondary N) is 1. The Labute approximate surface area is 452 Å². The molecule has 3 aliphatic heterocycles. The first-order valence-electron chi connectivity index (χ1n) is 27.3. The molecule has 3 atom stereocenters. The van der Waals surface area contributed by atoms with Gasteiger partial charge in [-0.1, -0.05) is 50.1 Å². The second kappa shape index (κ2) is 25.0. The topological polar surface area (TPSA) is 299 Å². The fourth-order valence-electron chi connectivity index (χ4n) is 10.3. The summed E-state index contributed by atoms with van der Waals surface area (Å²) in [4.78, 5) is 77.0. The Balaban J connectivity index is 0.997. The highest BCUT2D eigenvalue weighted by Gasteiger charge is 2.35. The summed E-state index contributed by atoms with van der Waals surface area (Å²) in [6, 6.07) is 12.7. The van der Waals surface area contributed by atoms with Crippen LogP contribution in [0.25, 0.3) is 33.4 Å². The summed E-state index contributed by atoms with van der Waals surface area (Å²) in [7, 11) is 0. The number of hydrogen-bond donors (Lipinski definition) is 5. The van der Waals surface area contributed by atoms with Crippen LogP contribution in [-0.4, -0.2) is 148 Å². The summed E-state index contributed by atoms with van der Waals surface area (Å²) < 4.78 is 9.46. The van der Waals surface area contributed by atoms with E-state index in [0.29, 0.717) is 112 Å². The largest absolute Gasteiger partial charge is 0.508 e. The lowest BCUT2D eigenvalue weighted by molar-refractivity contribution is -0.137. The van der Waals surface area contributed by atoms with E-state index < -0.39 is 18.1 Å². The molecule has 2 aromatic carbocycles. The number of aryl methyl sites for hydroxylation is 2. The average molecular weight is 1070 g/mol. The number of carbonyl (C=O) groups excluding carboxylic acids is 2. The molecule has 23 nitrogen and oxygen atoms in total. The number of unbranched alkanes of at least 4 members (excludes halogenated alkanes) is 3. The number of benzene rings is 3. The fraction of sp³-hybridized carbons (Fsp3) is 0.473. The number of rotatable bonds is 23. The Bertz CT molecular complexity index is 3230. The summed E-state index contributed by atoms with van der Waals surface area (Å²) >= 11 is 0. The van der Waals surface area contributed by atoms with Crippen LogP contribution in [0.15, 0.2) is 76.2 Å². The van der Waals surface area contributed by atoms with E-state index in [1.54, 1.807) is 33.6 Å². The van der Waals surface area contributed by atoms with Crippen LogP contribution >= 0.6 is 0 Å². The average Bonchev–Trinajstić information content (AvgIpc) is 4.20. The van der Waals surface area contributed by atoms with Crippen molar-refractivity contribution >= 4 is 52.3 Å². The number of hydrogen-bond acceptors (Lipinski definition) is 18. The summed E-state index contributed by atoms with van der Waals surface area (Å²) in [6.45, 7) is 10.6. The summed E-state index contributed by atoms with van der Waals surface area (Å²) in [5, 5.41) is 42.5. The maximum absolute atomic E-state index is 14.4. The first kappa shape index (κ1) is 54.7. The number of aromatic hydroxyl groups is 1. The number of nitrogens with zero attached hydrogens (tertiary/aromatic N) is 13. The first-order chi connectivity index (χ1) is 37.8. The minimum Gasteiger partial charge on any atom is -0.508 e. The Hall–Kier alpha value is -8.05. The van der Waals surface area contributed by atoms with Gasteiger partial charge in [-0.05, 0) is 112 Å². The van der Waals surface area contributed by atoms with E-state index in [9.17, 15) is 29.4 Å². The molecule has 0 spiro atoms. The molecule has 0 saturated carbocycles. The number of phenols is 1. The molecule has 6 heterocycles. The van der Waals surface area contributed by atoms with E-state index in [4.69, 9.17) is 30.8 Å². The maximum atomic E-state index is 14.4. The van der Waals surface area contributed by atoms with Crippen LogP contribution in [0.2, 0.25) is 0 Å². The van der Waals surface area contributed by atoms with Crippen molar-refractivity contribution in [1.82, 2.24) is 54.7 Å². The predicted molar refractivity (Wildman–Crippen MR) is 295 cm³/mol. The van der Waals surface area contributed by atoms with Crippen LogP contribution < -0.4 is 32.0 Å². The molecule has 23 heteroatoms. The third-order valence-corrected chi connectivity index (χ3v) is 14.9. The van der Waals surface area contributed by atoms with Gasteiger partial charge in [-0.3, -0.25) is 14.4 Å². The smallest absolute Gasteiger partial charge is 0.336 e. The Morgan fingerprint density at radius 2 is 1.35 bits per heavy atom. The fourth-order valence-corrected chi connectivity index (χ4v) is 10.3. The van der Waals surface area contributed by atoms with Crippen LogP contribution in [-0.2, 0) is 22.4 Å². The van der Waals surface area contributed by atoms with Gasteiger partial charge in [0.2, 0.25) is 29.7 Å². The lowest BCUT2D eigenvalue weighted by Crippen LogP contribution is -2.52. The van der Waals surface area contributed by atoms with Gasteiger partial charge in [0.15, 0.2) is 5.43 Å². The van der Waals surface area contributed by atoms with Gasteiger partial charge in [-0.2, -0.15) is 15.0 Å². The molecule has 78 heavy (non-hydrogen) atoms. The molecular formula is C55H70N16O7. The van der Waals surface area contributed by atoms with Crippen molar-refractivity contribution in [2.75, 3.05) is 80.6 Å². The molecule has 1 aliphatic carbocycles. The first-order valence-corrected chi connectivity index (χ1v) is 27.3. The summed E-state index contributed by atoms with van der Waals surface area (Å²) in [6.07, 6.45) is 12.0. The number of carboxylic acids is 1. The van der Waals surface area contributed by atoms with E-state index in [1.807, 2.05) is 32.0 Å². The standard InChI is InChI=1S/C55H70N16O7/c1-4-6-11-37-33-70(64-62-37)45(13-8-10-21-57)50(74)66-22-26-68(27-23-66)54-59-53(60-55(61-54)69-28-24-67(25-29-69)51(75)49(35(3)5-2)71-34-38(63-65-71)12-7-9-20-56)58-36-14-17-41(44(30-36)52(76)77)48-42-18-15-39(72)31-46(42)78-47-32-40(73)16-19-43(47)48/h14-19,30-35,45,49,72H,4-13,20-29,56-57H2,1-3H3,(H,76,77)(H,58,59,60,61)/t35-,45-,49-/m0/s1. The van der Waals surface area contributed by atoms with Crippen LogP contribution in [0, 0.1) is 5.92 Å². The quantitative estimate of drug-likeness (QED) is 0.0381. The number of anilines is 4. The molecule has 7 N–H and O–H groups in total. The van der Waals surface area contributed by atoms with E-state index in [0.717, 1.165) is 69.2 Å². The van der Waals surface area contributed by atoms with E-state index in [-0.39, 0.29) is 51.8 Å². The van der Waals surface area contributed by atoms with Crippen molar-refractivity contribution < 1.29 is 29.0 Å². The van der Waals surface area contributed by atoms with Gasteiger partial charge in [0.1, 0.15) is 29.2 Å². The third kappa shape index (κ3) is 12.4. The number of nitrogens with two attached hydrogens (primary N) is 2. The van der Waals surface area contributed by atoms with Gasteiger partial charge in [-0.15, -0.1) is 10.2 Å². The van der Waals surface area contributed by atoms with Crippen molar-refractivity contribution in [3.8, 4) is 28.2 Å². The van der Waals surface area contributed by atoms with Crippen molar-refractivity contribution in [1.29, 1.82) is 0 Å². The lowest BCUT2D eigenvalue weighted by atomic mass is 9.90. The zero-order valence-electron chi connectivity index (χ0n) is 44.6. The van der Waals surface area contributed by atoms with Gasteiger partial charge >= 0.3 is 5.97 Å². The third-order valence-electron chi connectivity index (χ3n) is 14.9. The molecule has 5 aromatic rings. The predicted octanol–water partition coefficient (Wildman–Crippen LogP) is 5.66. The molecule has 0 bridgehead atoms. The number of amides is 2.